The molecule has 0 bridgehead atoms. The minimum absolute atomic E-state index is 0.0284. The van der Waals surface area contributed by atoms with E-state index in [1.807, 2.05) is 18.1 Å². The zero-order chi connectivity index (χ0) is 11.1. The average molecular weight is 231 g/mol. The fourth-order valence-electron chi connectivity index (χ4n) is 1.82. The van der Waals surface area contributed by atoms with Crippen molar-refractivity contribution < 1.29 is 0 Å². The lowest BCUT2D eigenvalue weighted by Crippen LogP contribution is -2.31. The third kappa shape index (κ3) is 4.33. The predicted molar refractivity (Wildman–Crippen MR) is 66.6 cm³/mol. The summed E-state index contributed by atoms with van der Waals surface area (Å²) in [4.78, 5) is 4.22. The monoisotopic (exact) mass is 230 g/mol. The Balaban J connectivity index is 1.99. The van der Waals surface area contributed by atoms with Crippen LogP contribution in [-0.2, 0) is 0 Å². The Morgan fingerprint density at radius 3 is 2.33 bits per heavy atom. The van der Waals surface area contributed by atoms with Crippen LogP contribution >= 0.6 is 11.6 Å². The summed E-state index contributed by atoms with van der Waals surface area (Å²) in [6.07, 6.45) is 12.2. The van der Waals surface area contributed by atoms with E-state index in [2.05, 4.69) is 18.0 Å². The van der Waals surface area contributed by atoms with Gasteiger partial charge < -0.3 is 9.80 Å². The zero-order valence-electron chi connectivity index (χ0n) is 9.95. The first-order chi connectivity index (χ1) is 7.25. The average Bonchev–Trinajstić information content (AvgIpc) is 2.54. The Hall–Kier alpha value is -0.370. The molecule has 2 nitrogen and oxygen atoms in total. The predicted octanol–water partition coefficient (Wildman–Crippen LogP) is 3.59. The zero-order valence-corrected chi connectivity index (χ0v) is 10.7. The fourth-order valence-corrected chi connectivity index (χ4v) is 2.05. The number of alkyl halides is 1. The van der Waals surface area contributed by atoms with Gasteiger partial charge in [-0.15, -0.1) is 0 Å². The summed E-state index contributed by atoms with van der Waals surface area (Å²) in [5.41, 5.74) is 0.0284. The molecule has 1 atom stereocenters. The first-order valence-electron chi connectivity index (χ1n) is 6.05. The molecule has 0 fully saturated rings. The van der Waals surface area contributed by atoms with E-state index in [-0.39, 0.29) is 5.62 Å². The Bertz CT molecular complexity index is 194. The molecular weight excluding hydrogens is 208 g/mol. The smallest absolute Gasteiger partial charge is 0.179 e. The summed E-state index contributed by atoms with van der Waals surface area (Å²) in [5.74, 6) is 0. The van der Waals surface area contributed by atoms with Crippen LogP contribution in [0, 0.1) is 0 Å². The van der Waals surface area contributed by atoms with Crippen LogP contribution in [0.2, 0.25) is 0 Å². The summed E-state index contributed by atoms with van der Waals surface area (Å²) in [6.45, 7) is 3.34. The highest BCUT2D eigenvalue weighted by atomic mass is 35.5. The van der Waals surface area contributed by atoms with Crippen molar-refractivity contribution in [2.75, 3.05) is 13.6 Å². The van der Waals surface area contributed by atoms with Crippen LogP contribution in [0.3, 0.4) is 0 Å². The molecular formula is C12H23ClN2. The number of nitrogens with zero attached hydrogens (tertiary/aromatic N) is 2. The molecule has 0 N–H and O–H groups in total. The van der Waals surface area contributed by atoms with E-state index in [1.54, 1.807) is 0 Å². The highest BCUT2D eigenvalue weighted by Crippen LogP contribution is 2.18. The van der Waals surface area contributed by atoms with Crippen LogP contribution < -0.4 is 0 Å². The van der Waals surface area contributed by atoms with Gasteiger partial charge in [-0.25, -0.2) is 0 Å². The van der Waals surface area contributed by atoms with Crippen molar-refractivity contribution in [2.45, 2.75) is 51.1 Å². The second-order valence-electron chi connectivity index (χ2n) is 4.28. The summed E-state index contributed by atoms with van der Waals surface area (Å²) >= 11 is 6.18. The van der Waals surface area contributed by atoms with Gasteiger partial charge in [0.2, 0.25) is 0 Å². The highest BCUT2D eigenvalue weighted by Gasteiger charge is 2.19. The van der Waals surface area contributed by atoms with Crippen molar-refractivity contribution in [1.29, 1.82) is 0 Å². The number of hydrogen-bond donors (Lipinski definition) is 0. The second-order valence-corrected chi connectivity index (χ2v) is 4.67. The fraction of sp³-hybridized carbons (Fsp3) is 0.833. The van der Waals surface area contributed by atoms with Gasteiger partial charge in [-0.1, -0.05) is 50.6 Å². The maximum Gasteiger partial charge on any atom is 0.179 e. The van der Waals surface area contributed by atoms with Gasteiger partial charge in [-0.3, -0.25) is 0 Å². The van der Waals surface area contributed by atoms with Crippen LogP contribution in [0.25, 0.3) is 0 Å². The van der Waals surface area contributed by atoms with Gasteiger partial charge in [0.1, 0.15) is 0 Å². The summed E-state index contributed by atoms with van der Waals surface area (Å²) in [5, 5.41) is 0. The molecule has 0 aromatic rings. The maximum absolute atomic E-state index is 6.18. The molecule has 0 aliphatic carbocycles. The van der Waals surface area contributed by atoms with Crippen LogP contribution in [0.1, 0.15) is 45.4 Å². The minimum atomic E-state index is 0.0284. The Morgan fingerprint density at radius 2 is 1.73 bits per heavy atom. The van der Waals surface area contributed by atoms with Gasteiger partial charge in [0, 0.05) is 26.0 Å². The van der Waals surface area contributed by atoms with Crippen molar-refractivity contribution in [3.63, 3.8) is 0 Å². The van der Waals surface area contributed by atoms with Crippen molar-refractivity contribution in [2.24, 2.45) is 0 Å². The van der Waals surface area contributed by atoms with Crippen molar-refractivity contribution >= 4 is 11.6 Å². The van der Waals surface area contributed by atoms with Gasteiger partial charge in [-0.05, 0) is 6.42 Å². The normalized spacial score (nSPS) is 20.3. The molecule has 0 spiro atoms. The quantitative estimate of drug-likeness (QED) is 0.375. The molecule has 1 aliphatic rings. The third-order valence-corrected chi connectivity index (χ3v) is 3.43. The Morgan fingerprint density at radius 1 is 1.07 bits per heavy atom. The number of hydrogen-bond acceptors (Lipinski definition) is 2. The first-order valence-corrected chi connectivity index (χ1v) is 6.49. The maximum atomic E-state index is 6.18. The van der Waals surface area contributed by atoms with E-state index >= 15 is 0 Å². The van der Waals surface area contributed by atoms with Crippen molar-refractivity contribution in [3.05, 3.63) is 12.4 Å². The summed E-state index contributed by atoms with van der Waals surface area (Å²) in [6, 6.07) is 0. The van der Waals surface area contributed by atoms with Gasteiger partial charge >= 0.3 is 0 Å². The third-order valence-electron chi connectivity index (χ3n) is 2.87. The van der Waals surface area contributed by atoms with E-state index in [4.69, 9.17) is 11.6 Å². The van der Waals surface area contributed by atoms with Crippen LogP contribution in [0.15, 0.2) is 12.4 Å². The molecule has 0 saturated carbocycles. The highest BCUT2D eigenvalue weighted by molar-refractivity contribution is 6.20. The molecule has 0 saturated heterocycles. The van der Waals surface area contributed by atoms with E-state index in [0.29, 0.717) is 0 Å². The molecule has 0 aromatic carbocycles. The number of unbranched alkanes of at least 4 members (excludes halogenated alkanes) is 5. The molecule has 1 unspecified atom stereocenters. The molecule has 1 rings (SSSR count). The van der Waals surface area contributed by atoms with Gasteiger partial charge in [-0.2, -0.15) is 0 Å². The molecule has 1 heterocycles. The summed E-state index contributed by atoms with van der Waals surface area (Å²) in [7, 11) is 2.01. The standard InChI is InChI=1S/C12H23ClN2/c1-3-4-5-6-7-8-9-15-11-10-14(2)12(15)13/h10-12H,3-9H2,1-2H3. The lowest BCUT2D eigenvalue weighted by Gasteiger charge is -2.24. The number of rotatable bonds is 7. The van der Waals surface area contributed by atoms with Crippen molar-refractivity contribution in [1.82, 2.24) is 9.80 Å². The number of halogens is 1. The molecule has 1 aliphatic heterocycles. The molecule has 0 amide bonds. The van der Waals surface area contributed by atoms with Gasteiger partial charge in [0.15, 0.2) is 5.62 Å². The SMILES string of the molecule is CCCCCCCCN1C=CN(C)C1Cl. The molecule has 0 radical (unpaired) electrons. The lowest BCUT2D eigenvalue weighted by molar-refractivity contribution is 0.251. The Kier molecular flexibility index (Phi) is 5.92. The molecule has 0 aromatic heterocycles. The van der Waals surface area contributed by atoms with Gasteiger partial charge in [0.25, 0.3) is 0 Å². The second kappa shape index (κ2) is 7.00. The van der Waals surface area contributed by atoms with E-state index < -0.39 is 0 Å². The van der Waals surface area contributed by atoms with Crippen LogP contribution in [0.5, 0.6) is 0 Å². The van der Waals surface area contributed by atoms with Gasteiger partial charge in [0.05, 0.1) is 0 Å². The lowest BCUT2D eigenvalue weighted by atomic mass is 10.1. The van der Waals surface area contributed by atoms with Crippen molar-refractivity contribution in [3.8, 4) is 0 Å². The topological polar surface area (TPSA) is 6.48 Å². The van der Waals surface area contributed by atoms with E-state index in [1.165, 1.54) is 38.5 Å². The summed E-state index contributed by atoms with van der Waals surface area (Å²) < 4.78 is 0. The van der Waals surface area contributed by atoms with Crippen LogP contribution in [-0.4, -0.2) is 29.0 Å². The Labute approximate surface area is 98.9 Å². The molecule has 3 heteroatoms. The molecule has 88 valence electrons. The largest absolute Gasteiger partial charge is 0.347 e. The van der Waals surface area contributed by atoms with E-state index in [9.17, 15) is 0 Å². The first kappa shape index (κ1) is 12.7. The molecule has 15 heavy (non-hydrogen) atoms. The van der Waals surface area contributed by atoms with Crippen LogP contribution in [0.4, 0.5) is 0 Å². The minimum Gasteiger partial charge on any atom is -0.347 e. The van der Waals surface area contributed by atoms with E-state index in [0.717, 1.165) is 6.54 Å².